The second-order valence-corrected chi connectivity index (χ2v) is 6.71. The Morgan fingerprint density at radius 1 is 0.844 bits per heavy atom. The molecule has 0 fully saturated rings. The van der Waals surface area contributed by atoms with Gasteiger partial charge in [-0.15, -0.1) is 0 Å². The molecular formula is C23H20F3N3O3. The number of alkyl halides is 3. The van der Waals surface area contributed by atoms with E-state index in [1.165, 1.54) is 19.2 Å². The van der Waals surface area contributed by atoms with Crippen LogP contribution in [-0.4, -0.2) is 25.5 Å². The van der Waals surface area contributed by atoms with Crippen LogP contribution in [0.4, 0.5) is 30.2 Å². The highest BCUT2D eigenvalue weighted by atomic mass is 19.4. The molecule has 3 aromatic rings. The van der Waals surface area contributed by atoms with Crippen molar-refractivity contribution in [2.75, 3.05) is 29.6 Å². The molecule has 0 aliphatic carbocycles. The summed E-state index contributed by atoms with van der Waals surface area (Å²) in [4.78, 5) is 24.5. The van der Waals surface area contributed by atoms with Crippen LogP contribution in [0.5, 0.6) is 5.75 Å². The van der Waals surface area contributed by atoms with Crippen LogP contribution >= 0.6 is 0 Å². The predicted octanol–water partition coefficient (Wildman–Crippen LogP) is 5.02. The number of rotatable bonds is 7. The number of carbonyl (C=O) groups is 2. The van der Waals surface area contributed by atoms with Gasteiger partial charge >= 0.3 is 6.18 Å². The zero-order chi connectivity index (χ0) is 23.1. The highest BCUT2D eigenvalue weighted by Gasteiger charge is 2.29. The maximum Gasteiger partial charge on any atom is 0.416 e. The third kappa shape index (κ3) is 6.00. The number of hydrogen-bond acceptors (Lipinski definition) is 4. The molecule has 0 atom stereocenters. The van der Waals surface area contributed by atoms with E-state index in [0.717, 1.165) is 12.1 Å². The minimum Gasteiger partial charge on any atom is -0.495 e. The van der Waals surface area contributed by atoms with E-state index in [-0.39, 0.29) is 12.5 Å². The van der Waals surface area contributed by atoms with E-state index >= 15 is 0 Å². The first-order valence-electron chi connectivity index (χ1n) is 9.51. The number of methoxy groups -OCH3 is 1. The zero-order valence-corrected chi connectivity index (χ0v) is 17.0. The Morgan fingerprint density at radius 2 is 1.47 bits per heavy atom. The highest BCUT2D eigenvalue weighted by Crippen LogP contribution is 2.29. The van der Waals surface area contributed by atoms with Gasteiger partial charge in [-0.3, -0.25) is 9.59 Å². The van der Waals surface area contributed by atoms with Crippen LogP contribution in [0.15, 0.2) is 72.8 Å². The summed E-state index contributed by atoms with van der Waals surface area (Å²) in [5.41, 5.74) is 1.01. The van der Waals surface area contributed by atoms with Gasteiger partial charge in [0.15, 0.2) is 0 Å². The number of amides is 2. The molecule has 9 heteroatoms. The van der Waals surface area contributed by atoms with Gasteiger partial charge in [-0.2, -0.15) is 13.2 Å². The molecule has 0 saturated heterocycles. The molecule has 0 heterocycles. The number of halogens is 3. The molecule has 0 aliphatic rings. The van der Waals surface area contributed by atoms with E-state index in [0.29, 0.717) is 28.4 Å². The van der Waals surface area contributed by atoms with Crippen molar-refractivity contribution < 1.29 is 27.5 Å². The lowest BCUT2D eigenvalue weighted by Gasteiger charge is -2.11. The van der Waals surface area contributed by atoms with Crippen LogP contribution in [0.3, 0.4) is 0 Å². The molecule has 3 rings (SSSR count). The quantitative estimate of drug-likeness (QED) is 0.479. The number of nitrogens with one attached hydrogen (secondary N) is 3. The van der Waals surface area contributed by atoms with Crippen LogP contribution in [0.2, 0.25) is 0 Å². The molecule has 0 unspecified atom stereocenters. The smallest absolute Gasteiger partial charge is 0.416 e. The summed E-state index contributed by atoms with van der Waals surface area (Å²) in [6, 6.07) is 17.7. The van der Waals surface area contributed by atoms with Crippen molar-refractivity contribution >= 4 is 28.9 Å². The Kier molecular flexibility index (Phi) is 6.99. The average Bonchev–Trinajstić information content (AvgIpc) is 2.78. The fourth-order valence-corrected chi connectivity index (χ4v) is 2.81. The molecule has 3 N–H and O–H groups in total. The normalized spacial score (nSPS) is 10.9. The Morgan fingerprint density at radius 3 is 2.09 bits per heavy atom. The highest BCUT2D eigenvalue weighted by molar-refractivity contribution is 6.05. The lowest BCUT2D eigenvalue weighted by molar-refractivity contribution is -0.137. The molecule has 32 heavy (non-hydrogen) atoms. The fourth-order valence-electron chi connectivity index (χ4n) is 2.81. The maximum atomic E-state index is 12.6. The molecular weight excluding hydrogens is 423 g/mol. The molecule has 0 saturated carbocycles. The van der Waals surface area contributed by atoms with Gasteiger partial charge in [-0.1, -0.05) is 12.1 Å². The summed E-state index contributed by atoms with van der Waals surface area (Å²) in [5.74, 6) is -0.197. The van der Waals surface area contributed by atoms with Crippen molar-refractivity contribution in [2.24, 2.45) is 0 Å². The number of carbonyl (C=O) groups excluding carboxylic acids is 2. The molecule has 6 nitrogen and oxygen atoms in total. The van der Waals surface area contributed by atoms with Gasteiger partial charge in [0.1, 0.15) is 5.75 Å². The number of hydrogen-bond donors (Lipinski definition) is 3. The molecule has 0 radical (unpaired) electrons. The summed E-state index contributed by atoms with van der Waals surface area (Å²) in [7, 11) is 1.51. The third-order valence-electron chi connectivity index (χ3n) is 4.45. The molecule has 166 valence electrons. The number of ether oxygens (including phenoxy) is 1. The van der Waals surface area contributed by atoms with Gasteiger partial charge in [0.05, 0.1) is 24.9 Å². The van der Waals surface area contributed by atoms with E-state index in [1.54, 1.807) is 48.5 Å². The predicted molar refractivity (Wildman–Crippen MR) is 116 cm³/mol. The van der Waals surface area contributed by atoms with E-state index < -0.39 is 17.6 Å². The van der Waals surface area contributed by atoms with Crippen molar-refractivity contribution in [3.05, 3.63) is 83.9 Å². The average molecular weight is 443 g/mol. The van der Waals surface area contributed by atoms with Gasteiger partial charge in [0, 0.05) is 16.9 Å². The first-order valence-corrected chi connectivity index (χ1v) is 9.51. The van der Waals surface area contributed by atoms with Gasteiger partial charge < -0.3 is 20.7 Å². The Balaban J connectivity index is 1.52. The SMILES string of the molecule is COc1ccccc1NC(=O)c1ccc(NC(=O)CNc2ccc(C(F)(F)F)cc2)cc1. The van der Waals surface area contributed by atoms with Crippen LogP contribution < -0.4 is 20.7 Å². The lowest BCUT2D eigenvalue weighted by atomic mass is 10.2. The maximum absolute atomic E-state index is 12.6. The fraction of sp³-hybridized carbons (Fsp3) is 0.130. The lowest BCUT2D eigenvalue weighted by Crippen LogP contribution is -2.22. The summed E-state index contributed by atoms with van der Waals surface area (Å²) in [5, 5.41) is 8.16. The van der Waals surface area contributed by atoms with Gasteiger partial charge in [0.25, 0.3) is 5.91 Å². The largest absolute Gasteiger partial charge is 0.495 e. The van der Waals surface area contributed by atoms with Crippen LogP contribution in [0.25, 0.3) is 0 Å². The number of anilines is 3. The van der Waals surface area contributed by atoms with Crippen molar-refractivity contribution in [3.63, 3.8) is 0 Å². The van der Waals surface area contributed by atoms with Crippen LogP contribution in [-0.2, 0) is 11.0 Å². The van der Waals surface area contributed by atoms with E-state index in [9.17, 15) is 22.8 Å². The second kappa shape index (κ2) is 9.86. The molecule has 0 bridgehead atoms. The van der Waals surface area contributed by atoms with Gasteiger partial charge in [-0.05, 0) is 60.7 Å². The molecule has 2 amide bonds. The number of para-hydroxylation sites is 2. The molecule has 3 aromatic carbocycles. The van der Waals surface area contributed by atoms with Crippen LogP contribution in [0.1, 0.15) is 15.9 Å². The van der Waals surface area contributed by atoms with Gasteiger partial charge in [0.2, 0.25) is 5.91 Å². The Labute approximate surface area is 182 Å². The standard InChI is InChI=1S/C23H20F3N3O3/c1-32-20-5-3-2-4-19(20)29-22(31)15-6-10-18(11-7-15)28-21(30)14-27-17-12-8-16(9-13-17)23(24,25)26/h2-13,27H,14H2,1H3,(H,28,30)(H,29,31). The number of benzene rings is 3. The van der Waals surface area contributed by atoms with Crippen molar-refractivity contribution in [2.45, 2.75) is 6.18 Å². The first kappa shape index (κ1) is 22.7. The molecule has 0 aromatic heterocycles. The molecule has 0 spiro atoms. The summed E-state index contributed by atoms with van der Waals surface area (Å²) in [6.45, 7) is -0.137. The van der Waals surface area contributed by atoms with E-state index in [2.05, 4.69) is 16.0 Å². The minimum atomic E-state index is -4.41. The Bertz CT molecular complexity index is 1080. The van der Waals surface area contributed by atoms with Crippen molar-refractivity contribution in [3.8, 4) is 5.75 Å². The summed E-state index contributed by atoms with van der Waals surface area (Å²) < 4.78 is 42.9. The third-order valence-corrected chi connectivity index (χ3v) is 4.45. The molecule has 0 aliphatic heterocycles. The van der Waals surface area contributed by atoms with Crippen molar-refractivity contribution in [1.29, 1.82) is 0 Å². The summed E-state index contributed by atoms with van der Waals surface area (Å²) >= 11 is 0. The Hall–Kier alpha value is -4.01. The topological polar surface area (TPSA) is 79.5 Å². The first-order chi connectivity index (χ1) is 15.3. The van der Waals surface area contributed by atoms with E-state index in [4.69, 9.17) is 4.74 Å². The van der Waals surface area contributed by atoms with Crippen molar-refractivity contribution in [1.82, 2.24) is 0 Å². The zero-order valence-electron chi connectivity index (χ0n) is 17.0. The summed E-state index contributed by atoms with van der Waals surface area (Å²) in [6.07, 6.45) is -4.41. The minimum absolute atomic E-state index is 0.137. The monoisotopic (exact) mass is 443 g/mol. The van der Waals surface area contributed by atoms with Gasteiger partial charge in [-0.25, -0.2) is 0 Å². The second-order valence-electron chi connectivity index (χ2n) is 6.71. The van der Waals surface area contributed by atoms with E-state index in [1.807, 2.05) is 0 Å². The van der Waals surface area contributed by atoms with Crippen LogP contribution in [0, 0.1) is 0 Å².